The molecule has 1 aromatic heterocycles. The second-order valence-electron chi connectivity index (χ2n) is 6.46. The molecule has 1 aliphatic rings. The molecule has 2 aromatic rings. The second-order valence-corrected chi connectivity index (χ2v) is 6.46. The van der Waals surface area contributed by atoms with Crippen LogP contribution >= 0.6 is 0 Å². The summed E-state index contributed by atoms with van der Waals surface area (Å²) in [6, 6.07) is 12.2. The zero-order valence-corrected chi connectivity index (χ0v) is 15.1. The fraction of sp³-hybridized carbons (Fsp3) is 0.333. The summed E-state index contributed by atoms with van der Waals surface area (Å²) in [5, 5.41) is 6.11. The normalized spacial score (nSPS) is 13.9. The minimum atomic E-state index is -0.139. The molecule has 1 amide bonds. The number of hydrogen-bond acceptors (Lipinski definition) is 4. The number of aromatic nitrogens is 1. The van der Waals surface area contributed by atoms with Crippen LogP contribution in [0.3, 0.4) is 0 Å². The van der Waals surface area contributed by atoms with Crippen LogP contribution < -0.4 is 15.5 Å². The molecular formula is C21H26N4O. The summed E-state index contributed by atoms with van der Waals surface area (Å²) in [7, 11) is 0. The molecule has 1 fully saturated rings. The van der Waals surface area contributed by atoms with Crippen molar-refractivity contribution in [3.63, 3.8) is 0 Å². The average molecular weight is 350 g/mol. The third kappa shape index (κ3) is 4.63. The smallest absolute Gasteiger partial charge is 0.253 e. The molecule has 3 rings (SSSR count). The van der Waals surface area contributed by atoms with Gasteiger partial charge in [-0.05, 0) is 43.0 Å². The number of anilines is 2. The number of para-hydroxylation sites is 1. The van der Waals surface area contributed by atoms with Crippen LogP contribution in [0.5, 0.6) is 0 Å². The average Bonchev–Trinajstić information content (AvgIpc) is 2.71. The van der Waals surface area contributed by atoms with Crippen LogP contribution in [-0.2, 0) is 6.54 Å². The van der Waals surface area contributed by atoms with Gasteiger partial charge >= 0.3 is 0 Å². The highest BCUT2D eigenvalue weighted by Gasteiger charge is 2.14. The molecule has 1 aromatic carbocycles. The first kappa shape index (κ1) is 18.0. The molecule has 0 saturated carbocycles. The molecule has 0 spiro atoms. The predicted molar refractivity (Wildman–Crippen MR) is 107 cm³/mol. The van der Waals surface area contributed by atoms with Gasteiger partial charge in [-0.3, -0.25) is 4.79 Å². The van der Waals surface area contributed by atoms with Gasteiger partial charge in [-0.2, -0.15) is 0 Å². The Morgan fingerprint density at radius 3 is 2.69 bits per heavy atom. The van der Waals surface area contributed by atoms with Gasteiger partial charge in [0, 0.05) is 38.1 Å². The van der Waals surface area contributed by atoms with E-state index in [4.69, 9.17) is 0 Å². The highest BCUT2D eigenvalue weighted by molar-refractivity contribution is 5.94. The molecule has 2 N–H and O–H groups in total. The summed E-state index contributed by atoms with van der Waals surface area (Å²) in [6.45, 7) is 7.01. The molecule has 1 aliphatic heterocycles. The van der Waals surface area contributed by atoms with Crippen LogP contribution in [0.15, 0.2) is 55.3 Å². The van der Waals surface area contributed by atoms with Crippen molar-refractivity contribution < 1.29 is 4.79 Å². The molecular weight excluding hydrogens is 324 g/mol. The number of nitrogens with zero attached hydrogens (tertiary/aromatic N) is 2. The van der Waals surface area contributed by atoms with E-state index < -0.39 is 0 Å². The molecule has 1 saturated heterocycles. The van der Waals surface area contributed by atoms with E-state index in [1.165, 1.54) is 30.5 Å². The Balaban J connectivity index is 1.62. The minimum Gasteiger partial charge on any atom is -0.371 e. The van der Waals surface area contributed by atoms with E-state index in [0.717, 1.165) is 18.9 Å². The summed E-state index contributed by atoms with van der Waals surface area (Å²) >= 11 is 0. The van der Waals surface area contributed by atoms with Crippen LogP contribution in [0.2, 0.25) is 0 Å². The van der Waals surface area contributed by atoms with Crippen molar-refractivity contribution >= 4 is 17.4 Å². The Morgan fingerprint density at radius 1 is 1.15 bits per heavy atom. The topological polar surface area (TPSA) is 57.3 Å². The zero-order valence-electron chi connectivity index (χ0n) is 15.1. The molecule has 136 valence electrons. The number of pyridine rings is 1. The summed E-state index contributed by atoms with van der Waals surface area (Å²) in [5.41, 5.74) is 3.12. The van der Waals surface area contributed by atoms with Crippen molar-refractivity contribution in [2.45, 2.75) is 25.8 Å². The number of piperidine rings is 1. The number of carbonyl (C=O) groups excluding carboxylic acids is 1. The summed E-state index contributed by atoms with van der Waals surface area (Å²) in [6.07, 6.45) is 7.10. The van der Waals surface area contributed by atoms with Crippen molar-refractivity contribution in [1.29, 1.82) is 0 Å². The van der Waals surface area contributed by atoms with Crippen LogP contribution in [0.25, 0.3) is 0 Å². The molecule has 2 heterocycles. The Labute approximate surface area is 155 Å². The lowest BCUT2D eigenvalue weighted by Crippen LogP contribution is -2.30. The lowest BCUT2D eigenvalue weighted by Gasteiger charge is -2.30. The van der Waals surface area contributed by atoms with Gasteiger partial charge in [-0.15, -0.1) is 6.58 Å². The second kappa shape index (κ2) is 9.04. The first-order chi connectivity index (χ1) is 12.8. The van der Waals surface area contributed by atoms with E-state index in [0.29, 0.717) is 18.7 Å². The Kier molecular flexibility index (Phi) is 6.25. The minimum absolute atomic E-state index is 0.139. The van der Waals surface area contributed by atoms with E-state index in [2.05, 4.69) is 51.4 Å². The molecule has 0 radical (unpaired) electrons. The van der Waals surface area contributed by atoms with Gasteiger partial charge in [0.05, 0.1) is 5.56 Å². The van der Waals surface area contributed by atoms with Crippen molar-refractivity contribution in [2.75, 3.05) is 29.9 Å². The molecule has 0 aliphatic carbocycles. The SMILES string of the molecule is C=CCNC(=O)c1ccc(NCc2ccccc2N2CCCCC2)nc1. The molecule has 0 bridgehead atoms. The number of benzene rings is 1. The maximum absolute atomic E-state index is 11.9. The fourth-order valence-electron chi connectivity index (χ4n) is 3.19. The maximum atomic E-state index is 11.9. The maximum Gasteiger partial charge on any atom is 0.253 e. The van der Waals surface area contributed by atoms with Gasteiger partial charge in [0.2, 0.25) is 0 Å². The quantitative estimate of drug-likeness (QED) is 0.749. The van der Waals surface area contributed by atoms with E-state index in [9.17, 15) is 4.79 Å². The molecule has 26 heavy (non-hydrogen) atoms. The zero-order chi connectivity index (χ0) is 18.2. The van der Waals surface area contributed by atoms with Crippen LogP contribution in [0, 0.1) is 0 Å². The van der Waals surface area contributed by atoms with Gasteiger partial charge in [-0.25, -0.2) is 4.98 Å². The third-order valence-corrected chi connectivity index (χ3v) is 4.58. The van der Waals surface area contributed by atoms with Gasteiger partial charge in [0.15, 0.2) is 0 Å². The summed E-state index contributed by atoms with van der Waals surface area (Å²) in [5.74, 6) is 0.623. The lowest BCUT2D eigenvalue weighted by atomic mass is 10.1. The Morgan fingerprint density at radius 2 is 1.96 bits per heavy atom. The monoisotopic (exact) mass is 350 g/mol. The highest BCUT2D eigenvalue weighted by Crippen LogP contribution is 2.24. The summed E-state index contributed by atoms with van der Waals surface area (Å²) < 4.78 is 0. The van der Waals surface area contributed by atoms with Crippen LogP contribution in [-0.4, -0.2) is 30.5 Å². The van der Waals surface area contributed by atoms with Crippen molar-refractivity contribution in [3.05, 3.63) is 66.4 Å². The van der Waals surface area contributed by atoms with Crippen molar-refractivity contribution in [1.82, 2.24) is 10.3 Å². The number of rotatable bonds is 7. The van der Waals surface area contributed by atoms with E-state index >= 15 is 0 Å². The number of amides is 1. The standard InChI is InChI=1S/C21H26N4O/c1-2-12-22-21(26)18-10-11-20(24-16-18)23-15-17-8-4-5-9-19(17)25-13-6-3-7-14-25/h2,4-5,8-11,16H,1,3,6-7,12-15H2,(H,22,26)(H,23,24). The molecule has 5 heteroatoms. The van der Waals surface area contributed by atoms with Crippen molar-refractivity contribution in [3.8, 4) is 0 Å². The van der Waals surface area contributed by atoms with Crippen LogP contribution in [0.4, 0.5) is 11.5 Å². The first-order valence-corrected chi connectivity index (χ1v) is 9.20. The van der Waals surface area contributed by atoms with Gasteiger partial charge < -0.3 is 15.5 Å². The van der Waals surface area contributed by atoms with E-state index in [1.807, 2.05) is 6.07 Å². The lowest BCUT2D eigenvalue weighted by molar-refractivity contribution is 0.0957. The number of nitrogens with one attached hydrogen (secondary N) is 2. The largest absolute Gasteiger partial charge is 0.371 e. The Bertz CT molecular complexity index is 736. The molecule has 0 unspecified atom stereocenters. The van der Waals surface area contributed by atoms with Gasteiger partial charge in [0.1, 0.15) is 5.82 Å². The highest BCUT2D eigenvalue weighted by atomic mass is 16.1. The first-order valence-electron chi connectivity index (χ1n) is 9.20. The predicted octanol–water partition coefficient (Wildman–Crippen LogP) is 3.60. The van der Waals surface area contributed by atoms with Gasteiger partial charge in [-0.1, -0.05) is 24.3 Å². The van der Waals surface area contributed by atoms with Crippen molar-refractivity contribution in [2.24, 2.45) is 0 Å². The third-order valence-electron chi connectivity index (χ3n) is 4.58. The van der Waals surface area contributed by atoms with E-state index in [1.54, 1.807) is 18.3 Å². The fourth-order valence-corrected chi connectivity index (χ4v) is 3.19. The van der Waals surface area contributed by atoms with Crippen LogP contribution in [0.1, 0.15) is 35.2 Å². The summed E-state index contributed by atoms with van der Waals surface area (Å²) in [4.78, 5) is 18.7. The number of hydrogen-bond donors (Lipinski definition) is 2. The van der Waals surface area contributed by atoms with E-state index in [-0.39, 0.29) is 5.91 Å². The number of carbonyl (C=O) groups is 1. The molecule has 5 nitrogen and oxygen atoms in total. The van der Waals surface area contributed by atoms with Gasteiger partial charge in [0.25, 0.3) is 5.91 Å². The molecule has 0 atom stereocenters. The Hall–Kier alpha value is -2.82.